The summed E-state index contributed by atoms with van der Waals surface area (Å²) in [5.41, 5.74) is -0.444. The van der Waals surface area contributed by atoms with Gasteiger partial charge in [0.2, 0.25) is 0 Å². The smallest absolute Gasteiger partial charge is 0.0872 e. The van der Waals surface area contributed by atoms with Gasteiger partial charge < -0.3 is 9.63 Å². The van der Waals surface area contributed by atoms with Crippen LogP contribution in [0.15, 0.2) is 0 Å². The average molecular weight is 163 g/mol. The Labute approximate surface area is 63.6 Å². The summed E-state index contributed by atoms with van der Waals surface area (Å²) < 4.78 is 4.81. The van der Waals surface area contributed by atoms with Crippen LogP contribution in [-0.2, 0) is 4.52 Å². The first-order chi connectivity index (χ1) is 4.64. The van der Waals surface area contributed by atoms with E-state index in [1.54, 1.807) is 0 Å². The van der Waals surface area contributed by atoms with Crippen LogP contribution in [0.2, 0.25) is 0 Å². The fourth-order valence-corrected chi connectivity index (χ4v) is 1.36. The molecule has 0 spiro atoms. The van der Waals surface area contributed by atoms with Crippen molar-refractivity contribution in [1.82, 2.24) is 4.90 Å². The zero-order valence-electron chi connectivity index (χ0n) is 6.21. The van der Waals surface area contributed by atoms with E-state index < -0.39 is 5.60 Å². The Morgan fingerprint density at radius 3 is 2.70 bits per heavy atom. The van der Waals surface area contributed by atoms with Crippen LogP contribution in [0.5, 0.6) is 0 Å². The zero-order valence-corrected chi connectivity index (χ0v) is 7.36. The van der Waals surface area contributed by atoms with Crippen molar-refractivity contribution in [3.8, 4) is 0 Å². The molecule has 1 aliphatic heterocycles. The van der Waals surface area contributed by atoms with E-state index in [4.69, 9.17) is 4.52 Å². The van der Waals surface area contributed by atoms with Gasteiger partial charge in [-0.2, -0.15) is 0 Å². The largest absolute Gasteiger partial charge is 0.388 e. The lowest BCUT2D eigenvalue weighted by molar-refractivity contribution is -0.0855. The minimum atomic E-state index is -0.444. The van der Waals surface area contributed by atoms with Crippen molar-refractivity contribution in [2.45, 2.75) is 12.5 Å². The Bertz CT molecular complexity index is 110. The summed E-state index contributed by atoms with van der Waals surface area (Å²) in [6.45, 7) is 5.05. The fourth-order valence-electron chi connectivity index (χ4n) is 1.26. The van der Waals surface area contributed by atoms with Crippen molar-refractivity contribution in [3.05, 3.63) is 0 Å². The summed E-state index contributed by atoms with van der Waals surface area (Å²) in [7, 11) is 2.22. The second-order valence-electron chi connectivity index (χ2n) is 3.08. The third kappa shape index (κ3) is 2.17. The number of hydrogen-bond donors (Lipinski definition) is 1. The normalized spacial score (nSPS) is 24.3. The van der Waals surface area contributed by atoms with Crippen LogP contribution in [-0.4, -0.2) is 41.8 Å². The van der Waals surface area contributed by atoms with Crippen molar-refractivity contribution in [2.75, 3.05) is 26.2 Å². The van der Waals surface area contributed by atoms with Gasteiger partial charge in [-0.1, -0.05) is 0 Å². The minimum absolute atomic E-state index is 0.444. The second-order valence-corrected chi connectivity index (χ2v) is 3.41. The van der Waals surface area contributed by atoms with Crippen LogP contribution >= 0.6 is 9.47 Å². The molecule has 1 fully saturated rings. The maximum absolute atomic E-state index is 9.30. The molecule has 1 aliphatic rings. The van der Waals surface area contributed by atoms with Crippen molar-refractivity contribution in [2.24, 2.45) is 0 Å². The maximum Gasteiger partial charge on any atom is 0.0872 e. The number of rotatable bonds is 3. The minimum Gasteiger partial charge on any atom is -0.388 e. The Kier molecular flexibility index (Phi) is 2.64. The summed E-state index contributed by atoms with van der Waals surface area (Å²) in [5.74, 6) is 0. The predicted molar refractivity (Wildman–Crippen MR) is 42.7 cm³/mol. The van der Waals surface area contributed by atoms with E-state index in [0.29, 0.717) is 0 Å². The van der Waals surface area contributed by atoms with Crippen LogP contribution < -0.4 is 0 Å². The molecule has 4 heteroatoms. The van der Waals surface area contributed by atoms with Gasteiger partial charge >= 0.3 is 0 Å². The Hall–Kier alpha value is 0.310. The van der Waals surface area contributed by atoms with Gasteiger partial charge in [-0.15, -0.1) is 0 Å². The van der Waals surface area contributed by atoms with Gasteiger partial charge in [-0.25, -0.2) is 0 Å². The number of likely N-dealkylation sites (tertiary alicyclic amines) is 1. The van der Waals surface area contributed by atoms with Gasteiger partial charge in [0.25, 0.3) is 0 Å². The molecule has 0 bridgehead atoms. The molecular formula is C6H14NO2P. The molecule has 1 atom stereocenters. The Morgan fingerprint density at radius 2 is 2.30 bits per heavy atom. The van der Waals surface area contributed by atoms with Crippen molar-refractivity contribution in [1.29, 1.82) is 0 Å². The predicted octanol–water partition coefficient (Wildman–Crippen LogP) is -0.140. The molecule has 1 unspecified atom stereocenters. The third-order valence-corrected chi connectivity index (χ3v) is 1.89. The molecule has 0 aromatic heterocycles. The molecule has 1 rings (SSSR count). The lowest BCUT2D eigenvalue weighted by atomic mass is 9.97. The van der Waals surface area contributed by atoms with Gasteiger partial charge in [0.1, 0.15) is 0 Å². The van der Waals surface area contributed by atoms with Crippen molar-refractivity contribution in [3.63, 3.8) is 0 Å². The molecule has 0 aromatic rings. The number of nitrogens with zero attached hydrogens (tertiary/aromatic N) is 1. The zero-order chi connectivity index (χ0) is 7.61. The standard InChI is InChI=1S/C6H14NO2P/c1-6(8)4-7(5-6)2-3-9-10/h8H,2-5,10H2,1H3. The SMILES string of the molecule is CC1(O)CN(CCOP)C1. The molecule has 0 amide bonds. The van der Waals surface area contributed by atoms with Crippen LogP contribution in [0.25, 0.3) is 0 Å². The highest BCUT2D eigenvalue weighted by Gasteiger charge is 2.35. The quantitative estimate of drug-likeness (QED) is 0.588. The van der Waals surface area contributed by atoms with E-state index in [1.165, 1.54) is 0 Å². The summed E-state index contributed by atoms with van der Waals surface area (Å²) in [6.07, 6.45) is 0. The van der Waals surface area contributed by atoms with Crippen LogP contribution in [0.3, 0.4) is 0 Å². The third-order valence-electron chi connectivity index (χ3n) is 1.65. The topological polar surface area (TPSA) is 32.7 Å². The molecule has 0 aromatic carbocycles. The highest BCUT2D eigenvalue weighted by molar-refractivity contribution is 7.09. The van der Waals surface area contributed by atoms with E-state index in [-0.39, 0.29) is 0 Å². The molecule has 0 aliphatic carbocycles. The van der Waals surface area contributed by atoms with E-state index in [2.05, 4.69) is 14.4 Å². The van der Waals surface area contributed by atoms with Gasteiger partial charge in [0.15, 0.2) is 0 Å². The summed E-state index contributed by atoms with van der Waals surface area (Å²) in [5, 5.41) is 9.30. The number of hydrogen-bond acceptors (Lipinski definition) is 3. The van der Waals surface area contributed by atoms with E-state index >= 15 is 0 Å². The molecule has 1 saturated heterocycles. The second kappa shape index (κ2) is 3.14. The van der Waals surface area contributed by atoms with Crippen molar-refractivity contribution < 1.29 is 9.63 Å². The first kappa shape index (κ1) is 8.41. The maximum atomic E-state index is 9.30. The summed E-state index contributed by atoms with van der Waals surface area (Å²) in [6, 6.07) is 0. The van der Waals surface area contributed by atoms with Gasteiger partial charge in [-0.3, -0.25) is 4.90 Å². The molecule has 1 heterocycles. The molecule has 10 heavy (non-hydrogen) atoms. The monoisotopic (exact) mass is 163 g/mol. The molecule has 60 valence electrons. The lowest BCUT2D eigenvalue weighted by Gasteiger charge is -2.44. The van der Waals surface area contributed by atoms with Gasteiger partial charge in [-0.05, 0) is 6.92 Å². The molecular weight excluding hydrogens is 149 g/mol. The fraction of sp³-hybridized carbons (Fsp3) is 1.00. The Morgan fingerprint density at radius 1 is 1.70 bits per heavy atom. The molecule has 1 N–H and O–H groups in total. The Balaban J connectivity index is 2.03. The number of aliphatic hydroxyl groups is 1. The molecule has 0 saturated carbocycles. The summed E-state index contributed by atoms with van der Waals surface area (Å²) in [4.78, 5) is 2.16. The van der Waals surface area contributed by atoms with E-state index in [1.807, 2.05) is 6.92 Å². The molecule has 3 nitrogen and oxygen atoms in total. The first-order valence-electron chi connectivity index (χ1n) is 3.40. The highest BCUT2D eigenvalue weighted by atomic mass is 31.0. The van der Waals surface area contributed by atoms with Crippen LogP contribution in [0.4, 0.5) is 0 Å². The van der Waals surface area contributed by atoms with Crippen LogP contribution in [0.1, 0.15) is 6.92 Å². The first-order valence-corrected chi connectivity index (χ1v) is 3.88. The van der Waals surface area contributed by atoms with Crippen molar-refractivity contribution >= 4 is 9.47 Å². The average Bonchev–Trinajstić information content (AvgIpc) is 1.78. The summed E-state index contributed by atoms with van der Waals surface area (Å²) >= 11 is 0. The van der Waals surface area contributed by atoms with E-state index in [0.717, 1.165) is 26.2 Å². The van der Waals surface area contributed by atoms with Gasteiger partial charge in [0.05, 0.1) is 12.2 Å². The van der Waals surface area contributed by atoms with Crippen LogP contribution in [0, 0.1) is 0 Å². The highest BCUT2D eigenvalue weighted by Crippen LogP contribution is 2.18. The lowest BCUT2D eigenvalue weighted by Crippen LogP contribution is -2.60. The van der Waals surface area contributed by atoms with E-state index in [9.17, 15) is 5.11 Å². The van der Waals surface area contributed by atoms with Gasteiger partial charge in [0, 0.05) is 29.1 Å². The molecule has 0 radical (unpaired) electrons. The number of β-amino-alcohol motifs (C(OH)–C–C–N with tert-alkyl or cyclic N) is 1.